The molecule has 4 nitrogen and oxygen atoms in total. The molecule has 0 spiro atoms. The summed E-state index contributed by atoms with van der Waals surface area (Å²) in [6, 6.07) is 7.27. The van der Waals surface area contributed by atoms with Gasteiger partial charge in [-0.25, -0.2) is 13.6 Å². The van der Waals surface area contributed by atoms with Gasteiger partial charge in [0, 0.05) is 5.69 Å². The first-order chi connectivity index (χ1) is 9.90. The Morgan fingerprint density at radius 2 is 1.71 bits per heavy atom. The Morgan fingerprint density at radius 3 is 2.29 bits per heavy atom. The third-order valence-corrected chi connectivity index (χ3v) is 2.92. The zero-order valence-corrected chi connectivity index (χ0v) is 11.0. The number of hydrogen-bond acceptors (Lipinski definition) is 2. The summed E-state index contributed by atoms with van der Waals surface area (Å²) in [5.74, 6) is -4.11. The first-order valence-corrected chi connectivity index (χ1v) is 5.99. The van der Waals surface area contributed by atoms with Gasteiger partial charge in [-0.1, -0.05) is 12.1 Å². The van der Waals surface area contributed by atoms with E-state index in [9.17, 15) is 18.4 Å². The number of carbonyl (C=O) groups is 2. The highest BCUT2D eigenvalue weighted by atomic mass is 19.1. The summed E-state index contributed by atoms with van der Waals surface area (Å²) in [6.07, 6.45) is 0. The fourth-order valence-electron chi connectivity index (χ4n) is 1.84. The lowest BCUT2D eigenvalue weighted by Gasteiger charge is -2.09. The van der Waals surface area contributed by atoms with Crippen LogP contribution in [0.2, 0.25) is 0 Å². The van der Waals surface area contributed by atoms with Crippen LogP contribution in [0.5, 0.6) is 0 Å². The lowest BCUT2D eigenvalue weighted by molar-refractivity contribution is 0.0695. The van der Waals surface area contributed by atoms with E-state index >= 15 is 0 Å². The molecule has 0 aliphatic rings. The smallest absolute Gasteiger partial charge is 0.336 e. The Hall–Kier alpha value is -2.76. The van der Waals surface area contributed by atoms with E-state index in [1.807, 2.05) is 0 Å². The van der Waals surface area contributed by atoms with Crippen molar-refractivity contribution in [1.29, 1.82) is 0 Å². The lowest BCUT2D eigenvalue weighted by atomic mass is 10.1. The maximum atomic E-state index is 13.5. The Kier molecular flexibility index (Phi) is 3.98. The summed E-state index contributed by atoms with van der Waals surface area (Å²) < 4.78 is 27.0. The summed E-state index contributed by atoms with van der Waals surface area (Å²) in [5, 5.41) is 11.3. The van der Waals surface area contributed by atoms with Crippen molar-refractivity contribution >= 4 is 17.6 Å². The standard InChI is InChI=1S/C15H11F2NO3/c1-8-5-6-9(7-10(8)15(20)21)18-14(19)13-11(16)3-2-4-12(13)17/h2-7H,1H3,(H,18,19)(H,20,21). The number of rotatable bonds is 3. The Balaban J connectivity index is 2.32. The number of anilines is 1. The van der Waals surface area contributed by atoms with Gasteiger partial charge in [-0.3, -0.25) is 4.79 Å². The number of halogens is 2. The van der Waals surface area contributed by atoms with E-state index in [0.29, 0.717) is 5.56 Å². The van der Waals surface area contributed by atoms with Gasteiger partial charge in [0.2, 0.25) is 0 Å². The van der Waals surface area contributed by atoms with Crippen molar-refractivity contribution in [2.45, 2.75) is 6.92 Å². The van der Waals surface area contributed by atoms with Crippen LogP contribution in [0.3, 0.4) is 0 Å². The molecule has 0 unspecified atom stereocenters. The number of hydrogen-bond donors (Lipinski definition) is 2. The zero-order chi connectivity index (χ0) is 15.6. The number of benzene rings is 2. The normalized spacial score (nSPS) is 10.2. The van der Waals surface area contributed by atoms with Gasteiger partial charge in [-0.2, -0.15) is 0 Å². The molecule has 2 N–H and O–H groups in total. The molecule has 0 fully saturated rings. The van der Waals surface area contributed by atoms with Crippen molar-refractivity contribution in [2.75, 3.05) is 5.32 Å². The molecule has 0 atom stereocenters. The zero-order valence-electron chi connectivity index (χ0n) is 11.0. The first-order valence-electron chi connectivity index (χ1n) is 5.99. The second-order valence-corrected chi connectivity index (χ2v) is 4.39. The van der Waals surface area contributed by atoms with Crippen molar-refractivity contribution in [3.63, 3.8) is 0 Å². The van der Waals surface area contributed by atoms with Crippen molar-refractivity contribution in [3.8, 4) is 0 Å². The second kappa shape index (κ2) is 5.70. The van der Waals surface area contributed by atoms with Gasteiger partial charge in [0.15, 0.2) is 0 Å². The maximum absolute atomic E-state index is 13.5. The van der Waals surface area contributed by atoms with E-state index < -0.39 is 29.1 Å². The number of carbonyl (C=O) groups excluding carboxylic acids is 1. The van der Waals surface area contributed by atoms with Crippen LogP contribution in [-0.2, 0) is 0 Å². The van der Waals surface area contributed by atoms with E-state index in [1.54, 1.807) is 6.92 Å². The Morgan fingerprint density at radius 1 is 1.10 bits per heavy atom. The summed E-state index contributed by atoms with van der Waals surface area (Å²) >= 11 is 0. The molecule has 0 heterocycles. The van der Waals surface area contributed by atoms with Crippen LogP contribution in [0, 0.1) is 18.6 Å². The highest BCUT2D eigenvalue weighted by Crippen LogP contribution is 2.18. The fraction of sp³-hybridized carbons (Fsp3) is 0.0667. The molecule has 0 aromatic heterocycles. The van der Waals surface area contributed by atoms with Crippen LogP contribution in [0.1, 0.15) is 26.3 Å². The molecule has 0 bridgehead atoms. The lowest BCUT2D eigenvalue weighted by Crippen LogP contribution is -2.16. The van der Waals surface area contributed by atoms with Gasteiger partial charge in [-0.05, 0) is 36.8 Å². The molecular weight excluding hydrogens is 280 g/mol. The monoisotopic (exact) mass is 291 g/mol. The summed E-state index contributed by atoms with van der Waals surface area (Å²) in [6.45, 7) is 1.60. The van der Waals surface area contributed by atoms with E-state index in [0.717, 1.165) is 18.2 Å². The first kappa shape index (κ1) is 14.6. The minimum absolute atomic E-state index is 0.00167. The van der Waals surface area contributed by atoms with Crippen LogP contribution >= 0.6 is 0 Å². The number of nitrogens with one attached hydrogen (secondary N) is 1. The van der Waals surface area contributed by atoms with Crippen LogP contribution in [-0.4, -0.2) is 17.0 Å². The molecular formula is C15H11F2NO3. The van der Waals surface area contributed by atoms with Crippen molar-refractivity contribution in [1.82, 2.24) is 0 Å². The van der Waals surface area contributed by atoms with Crippen molar-refractivity contribution < 1.29 is 23.5 Å². The highest BCUT2D eigenvalue weighted by Gasteiger charge is 2.17. The molecule has 108 valence electrons. The minimum Gasteiger partial charge on any atom is -0.478 e. The third kappa shape index (κ3) is 3.05. The molecule has 0 aliphatic heterocycles. The molecule has 2 aromatic rings. The number of carboxylic acids is 1. The Labute approximate surface area is 119 Å². The van der Waals surface area contributed by atoms with Crippen molar-refractivity contribution in [3.05, 3.63) is 64.7 Å². The Bertz CT molecular complexity index is 709. The second-order valence-electron chi connectivity index (χ2n) is 4.39. The van der Waals surface area contributed by atoms with Crippen molar-refractivity contribution in [2.24, 2.45) is 0 Å². The molecule has 0 radical (unpaired) electrons. The maximum Gasteiger partial charge on any atom is 0.336 e. The number of carboxylic acid groups (broad SMARTS) is 1. The van der Waals surface area contributed by atoms with Gasteiger partial charge in [0.05, 0.1) is 5.56 Å². The van der Waals surface area contributed by atoms with Crippen LogP contribution in [0.15, 0.2) is 36.4 Å². The molecule has 2 aromatic carbocycles. The topological polar surface area (TPSA) is 66.4 Å². The molecule has 6 heteroatoms. The predicted molar refractivity (Wildman–Crippen MR) is 72.4 cm³/mol. The SMILES string of the molecule is Cc1ccc(NC(=O)c2c(F)cccc2F)cc1C(=O)O. The summed E-state index contributed by atoms with van der Waals surface area (Å²) in [5.41, 5.74) is -0.0556. The van der Waals surface area contributed by atoms with E-state index in [2.05, 4.69) is 5.32 Å². The largest absolute Gasteiger partial charge is 0.478 e. The summed E-state index contributed by atoms with van der Waals surface area (Å²) in [4.78, 5) is 22.9. The quantitative estimate of drug-likeness (QED) is 0.912. The van der Waals surface area contributed by atoms with Crippen LogP contribution in [0.4, 0.5) is 14.5 Å². The van der Waals surface area contributed by atoms with Gasteiger partial charge in [0.25, 0.3) is 5.91 Å². The number of aromatic carboxylic acids is 1. The predicted octanol–water partition coefficient (Wildman–Crippen LogP) is 3.22. The molecule has 21 heavy (non-hydrogen) atoms. The number of aryl methyl sites for hydroxylation is 1. The van der Waals surface area contributed by atoms with Gasteiger partial charge in [-0.15, -0.1) is 0 Å². The summed E-state index contributed by atoms with van der Waals surface area (Å²) in [7, 11) is 0. The average molecular weight is 291 g/mol. The third-order valence-electron chi connectivity index (χ3n) is 2.92. The van der Waals surface area contributed by atoms with Crippen LogP contribution in [0.25, 0.3) is 0 Å². The van der Waals surface area contributed by atoms with E-state index in [-0.39, 0.29) is 11.3 Å². The van der Waals surface area contributed by atoms with Gasteiger partial charge >= 0.3 is 5.97 Å². The molecule has 2 rings (SSSR count). The minimum atomic E-state index is -1.15. The van der Waals surface area contributed by atoms with Crippen LogP contribution < -0.4 is 5.32 Å². The fourth-order valence-corrected chi connectivity index (χ4v) is 1.84. The average Bonchev–Trinajstić information content (AvgIpc) is 2.40. The highest BCUT2D eigenvalue weighted by molar-refractivity contribution is 6.05. The van der Waals surface area contributed by atoms with Gasteiger partial charge < -0.3 is 10.4 Å². The number of amides is 1. The van der Waals surface area contributed by atoms with E-state index in [4.69, 9.17) is 5.11 Å². The molecule has 0 saturated heterocycles. The molecule has 1 amide bonds. The van der Waals surface area contributed by atoms with E-state index in [1.165, 1.54) is 18.2 Å². The molecule has 0 saturated carbocycles. The molecule has 0 aliphatic carbocycles. The van der Waals surface area contributed by atoms with Gasteiger partial charge in [0.1, 0.15) is 17.2 Å².